The third-order valence-electron chi connectivity index (χ3n) is 5.92. The summed E-state index contributed by atoms with van der Waals surface area (Å²) < 4.78 is 29.5. The fraction of sp³-hybridized carbons (Fsp3) is 0.520. The molecule has 0 saturated carbocycles. The molecule has 8 nitrogen and oxygen atoms in total. The van der Waals surface area contributed by atoms with Crippen molar-refractivity contribution < 1.29 is 23.7 Å². The molecule has 0 aliphatic carbocycles. The average Bonchev–Trinajstić information content (AvgIpc) is 3.44. The second-order valence-electron chi connectivity index (χ2n) is 8.09. The number of aromatic nitrogens is 2. The van der Waals surface area contributed by atoms with Gasteiger partial charge in [-0.2, -0.15) is 0 Å². The van der Waals surface area contributed by atoms with Crippen molar-refractivity contribution in [3.63, 3.8) is 0 Å². The molecule has 0 aromatic carbocycles. The molecule has 3 heterocycles. The van der Waals surface area contributed by atoms with Crippen LogP contribution in [-0.4, -0.2) is 68.4 Å². The molecule has 1 aromatic rings. The molecule has 0 spiro atoms. The second kappa shape index (κ2) is 13.0. The zero-order valence-corrected chi connectivity index (χ0v) is 22.0. The molecule has 0 bridgehead atoms. The molecule has 3 rings (SSSR count). The zero-order chi connectivity index (χ0) is 24.5. The van der Waals surface area contributed by atoms with Gasteiger partial charge in [0.2, 0.25) is 0 Å². The monoisotopic (exact) mass is 535 g/mol. The molecule has 0 amide bonds. The number of fused-ring (bicyclic) bond motifs is 1. The van der Waals surface area contributed by atoms with Crippen molar-refractivity contribution >= 4 is 33.9 Å². The van der Waals surface area contributed by atoms with Gasteiger partial charge in [-0.1, -0.05) is 40.6 Å². The van der Waals surface area contributed by atoms with Gasteiger partial charge >= 0.3 is 0 Å². The number of allylic oxidation sites excluding steroid dienone is 4. The first-order chi connectivity index (χ1) is 16.5. The highest BCUT2D eigenvalue weighted by molar-refractivity contribution is 9.11. The van der Waals surface area contributed by atoms with E-state index in [1.807, 2.05) is 31.2 Å². The first kappa shape index (κ1) is 26.4. The summed E-state index contributed by atoms with van der Waals surface area (Å²) in [4.78, 5) is 8.87. The largest absolute Gasteiger partial charge is 0.501 e. The molecule has 3 unspecified atom stereocenters. The molecule has 0 radical (unpaired) electrons. The van der Waals surface area contributed by atoms with Gasteiger partial charge in [0.05, 0.1) is 38.0 Å². The molecule has 1 N–H and O–H groups in total. The zero-order valence-electron chi connectivity index (χ0n) is 20.4. The maximum Gasteiger partial charge on any atom is 0.150 e. The molecule has 2 aliphatic rings. The fourth-order valence-corrected chi connectivity index (χ4v) is 4.14. The third kappa shape index (κ3) is 6.69. The molecule has 34 heavy (non-hydrogen) atoms. The third-order valence-corrected chi connectivity index (χ3v) is 6.86. The van der Waals surface area contributed by atoms with Crippen molar-refractivity contribution in [3.05, 3.63) is 51.8 Å². The van der Waals surface area contributed by atoms with E-state index in [4.69, 9.17) is 23.7 Å². The lowest BCUT2D eigenvalue weighted by Gasteiger charge is -2.15. The quantitative estimate of drug-likeness (QED) is 0.322. The lowest BCUT2D eigenvalue weighted by atomic mass is 10.1. The van der Waals surface area contributed by atoms with Crippen LogP contribution in [0, 0.1) is 0 Å². The minimum atomic E-state index is -0.191. The topological polar surface area (TPSA) is 84.0 Å². The Morgan fingerprint density at radius 3 is 2.62 bits per heavy atom. The van der Waals surface area contributed by atoms with E-state index >= 15 is 0 Å². The van der Waals surface area contributed by atoms with Gasteiger partial charge in [-0.3, -0.25) is 0 Å². The molecule has 2 fully saturated rings. The summed E-state index contributed by atoms with van der Waals surface area (Å²) in [7, 11) is 3.30. The van der Waals surface area contributed by atoms with E-state index in [0.29, 0.717) is 31.3 Å². The van der Waals surface area contributed by atoms with Gasteiger partial charge in [0.25, 0.3) is 0 Å². The van der Waals surface area contributed by atoms with Crippen LogP contribution in [0.3, 0.4) is 0 Å². The summed E-state index contributed by atoms with van der Waals surface area (Å²) in [5.74, 6) is 1.44. The number of hydrogen-bond donors (Lipinski definition) is 1. The van der Waals surface area contributed by atoms with E-state index in [9.17, 15) is 0 Å². The fourth-order valence-electron chi connectivity index (χ4n) is 3.67. The Labute approximate surface area is 210 Å². The smallest absolute Gasteiger partial charge is 0.150 e. The first-order valence-corrected chi connectivity index (χ1v) is 12.2. The number of halogens is 1. The second-order valence-corrected chi connectivity index (χ2v) is 8.95. The van der Waals surface area contributed by atoms with Crippen LogP contribution in [0.5, 0.6) is 0 Å². The standard InChI is InChI=1S/C25H34BrN3O5/c1-6-16(2)19(26)8-7-10-27-25-18(12-17(3)30-4)20(28-15-29-25)9-11-32-22-14-34-23-21(31-5)13-33-24(22)23/h7-9,11-12,15,21-24H,6,10,13-14H2,1-5H3,(H,27,28,29)/b8-7-,11-9+,17-12+,19-16+/t21?,22?,23-,24?/m1/s1. The minimum absolute atomic E-state index is 0.0529. The molecule has 4 atom stereocenters. The van der Waals surface area contributed by atoms with Gasteiger partial charge in [-0.05, 0) is 32.4 Å². The molecule has 2 saturated heterocycles. The predicted molar refractivity (Wildman–Crippen MR) is 136 cm³/mol. The van der Waals surface area contributed by atoms with Gasteiger partial charge in [0, 0.05) is 23.7 Å². The Balaban J connectivity index is 1.71. The van der Waals surface area contributed by atoms with Gasteiger partial charge in [-0.25, -0.2) is 9.97 Å². The van der Waals surface area contributed by atoms with Crippen LogP contribution in [0.15, 0.2) is 40.6 Å². The highest BCUT2D eigenvalue weighted by Gasteiger charge is 2.48. The summed E-state index contributed by atoms with van der Waals surface area (Å²) in [6.07, 6.45) is 11.5. The van der Waals surface area contributed by atoms with Crippen molar-refractivity contribution in [2.75, 3.05) is 39.3 Å². The van der Waals surface area contributed by atoms with Gasteiger partial charge < -0.3 is 29.0 Å². The van der Waals surface area contributed by atoms with Crippen molar-refractivity contribution in [1.29, 1.82) is 0 Å². The normalized spacial score (nSPS) is 25.6. The number of ether oxygens (including phenoxy) is 5. The van der Waals surface area contributed by atoms with Crippen LogP contribution in [0.2, 0.25) is 0 Å². The van der Waals surface area contributed by atoms with Crippen LogP contribution in [0.1, 0.15) is 38.4 Å². The van der Waals surface area contributed by atoms with Crippen LogP contribution >= 0.6 is 15.9 Å². The van der Waals surface area contributed by atoms with E-state index in [1.165, 1.54) is 11.9 Å². The summed E-state index contributed by atoms with van der Waals surface area (Å²) in [5.41, 5.74) is 2.81. The van der Waals surface area contributed by atoms with E-state index in [1.54, 1.807) is 20.5 Å². The molecule has 2 aliphatic heterocycles. The van der Waals surface area contributed by atoms with Crippen molar-refractivity contribution in [1.82, 2.24) is 9.97 Å². The molecule has 9 heteroatoms. The van der Waals surface area contributed by atoms with Crippen LogP contribution in [0.25, 0.3) is 12.2 Å². The number of methoxy groups -OCH3 is 2. The Bertz CT molecular complexity index is 946. The molecule has 1 aromatic heterocycles. The Kier molecular flexibility index (Phi) is 10.1. The van der Waals surface area contributed by atoms with Crippen LogP contribution in [0.4, 0.5) is 5.82 Å². The van der Waals surface area contributed by atoms with Crippen molar-refractivity contribution in [3.8, 4) is 0 Å². The summed E-state index contributed by atoms with van der Waals surface area (Å²) >= 11 is 3.60. The van der Waals surface area contributed by atoms with Crippen molar-refractivity contribution in [2.45, 2.75) is 51.6 Å². The maximum atomic E-state index is 5.96. The first-order valence-electron chi connectivity index (χ1n) is 11.4. The van der Waals surface area contributed by atoms with Crippen LogP contribution < -0.4 is 5.32 Å². The van der Waals surface area contributed by atoms with Gasteiger partial charge in [0.1, 0.15) is 36.6 Å². The van der Waals surface area contributed by atoms with E-state index in [0.717, 1.165) is 22.2 Å². The maximum absolute atomic E-state index is 5.96. The molecular weight excluding hydrogens is 502 g/mol. The van der Waals surface area contributed by atoms with Crippen molar-refractivity contribution in [2.24, 2.45) is 0 Å². The number of nitrogens with zero attached hydrogens (tertiary/aromatic N) is 2. The predicted octanol–water partition coefficient (Wildman–Crippen LogP) is 4.70. The number of hydrogen-bond acceptors (Lipinski definition) is 8. The van der Waals surface area contributed by atoms with E-state index in [-0.39, 0.29) is 24.4 Å². The van der Waals surface area contributed by atoms with Crippen LogP contribution in [-0.2, 0) is 23.7 Å². The Morgan fingerprint density at radius 1 is 1.18 bits per heavy atom. The Hall–Kier alpha value is -2.20. The molecule has 186 valence electrons. The Morgan fingerprint density at radius 2 is 1.91 bits per heavy atom. The average molecular weight is 536 g/mol. The van der Waals surface area contributed by atoms with Gasteiger partial charge in [0.15, 0.2) is 0 Å². The van der Waals surface area contributed by atoms with Gasteiger partial charge in [-0.15, -0.1) is 0 Å². The van der Waals surface area contributed by atoms with E-state index < -0.39 is 0 Å². The number of nitrogens with one attached hydrogen (secondary N) is 1. The number of anilines is 1. The highest BCUT2D eigenvalue weighted by atomic mass is 79.9. The highest BCUT2D eigenvalue weighted by Crippen LogP contribution is 2.30. The lowest BCUT2D eigenvalue weighted by molar-refractivity contribution is -0.0190. The summed E-state index contributed by atoms with van der Waals surface area (Å²) in [6.45, 7) is 7.70. The number of rotatable bonds is 11. The molecular formula is C25H34BrN3O5. The summed E-state index contributed by atoms with van der Waals surface area (Å²) in [5, 5.41) is 3.36. The lowest BCUT2D eigenvalue weighted by Crippen LogP contribution is -2.32. The minimum Gasteiger partial charge on any atom is -0.501 e. The summed E-state index contributed by atoms with van der Waals surface area (Å²) in [6, 6.07) is 0. The van der Waals surface area contributed by atoms with E-state index in [2.05, 4.69) is 45.1 Å². The SMILES string of the molecule is CC/C(C)=C(Br)\C=C/CNc1ncnc(/C=C/OC2CO[C@@H]3C(OC)COC23)c1/C=C(\C)OC.